The summed E-state index contributed by atoms with van der Waals surface area (Å²) in [7, 11) is 1.37. The van der Waals surface area contributed by atoms with Gasteiger partial charge < -0.3 is 13.9 Å². The molecule has 4 rings (SSSR count). The zero-order chi connectivity index (χ0) is 15.3. The van der Waals surface area contributed by atoms with Gasteiger partial charge in [0, 0.05) is 10.8 Å². The third-order valence-corrected chi connectivity index (χ3v) is 4.01. The number of fused-ring (bicyclic) bond motifs is 3. The van der Waals surface area contributed by atoms with Crippen LogP contribution in [0.5, 0.6) is 11.5 Å². The Balaban J connectivity index is 1.86. The van der Waals surface area contributed by atoms with E-state index in [2.05, 4.69) is 0 Å². The minimum Gasteiger partial charge on any atom is -0.494 e. The van der Waals surface area contributed by atoms with Crippen molar-refractivity contribution in [1.29, 1.82) is 0 Å². The Morgan fingerprint density at radius 3 is 2.18 bits per heavy atom. The Kier molecular flexibility index (Phi) is 2.96. The Morgan fingerprint density at radius 2 is 1.59 bits per heavy atom. The summed E-state index contributed by atoms with van der Waals surface area (Å²) < 4.78 is 44.6. The van der Waals surface area contributed by atoms with E-state index < -0.39 is 11.6 Å². The third kappa shape index (κ3) is 2.00. The topological polar surface area (TPSA) is 31.6 Å². The summed E-state index contributed by atoms with van der Waals surface area (Å²) in [6.07, 6.45) is 2.25. The lowest BCUT2D eigenvalue weighted by atomic mass is 10.1. The van der Waals surface area contributed by atoms with Crippen molar-refractivity contribution in [1.82, 2.24) is 0 Å². The number of hydrogen-bond donors (Lipinski definition) is 0. The monoisotopic (exact) mass is 304 g/mol. The fourth-order valence-electron chi connectivity index (χ4n) is 2.56. The average Bonchev–Trinajstić information content (AvgIpc) is 3.27. The van der Waals surface area contributed by atoms with E-state index in [-0.39, 0.29) is 22.7 Å². The summed E-state index contributed by atoms with van der Waals surface area (Å²) >= 11 is 0. The van der Waals surface area contributed by atoms with E-state index in [1.807, 2.05) is 0 Å². The second-order valence-corrected chi connectivity index (χ2v) is 5.57. The van der Waals surface area contributed by atoms with Gasteiger partial charge in [0.25, 0.3) is 0 Å². The molecule has 3 aromatic rings. The van der Waals surface area contributed by atoms with Crippen LogP contribution in [0.1, 0.15) is 12.8 Å². The molecule has 1 aliphatic carbocycles. The molecule has 0 unspecified atom stereocenters. The number of hydrogen-bond acceptors (Lipinski definition) is 3. The van der Waals surface area contributed by atoms with Crippen LogP contribution < -0.4 is 9.47 Å². The molecular formula is C17H14F2O3. The van der Waals surface area contributed by atoms with Crippen molar-refractivity contribution in [3.05, 3.63) is 35.9 Å². The summed E-state index contributed by atoms with van der Waals surface area (Å²) in [5.74, 6) is -0.487. The van der Waals surface area contributed by atoms with E-state index in [4.69, 9.17) is 13.9 Å². The molecular weight excluding hydrogens is 290 g/mol. The molecule has 5 heteroatoms. The largest absolute Gasteiger partial charge is 0.494 e. The second-order valence-electron chi connectivity index (χ2n) is 5.57. The molecule has 2 aromatic carbocycles. The quantitative estimate of drug-likeness (QED) is 0.702. The van der Waals surface area contributed by atoms with E-state index >= 15 is 0 Å². The van der Waals surface area contributed by atoms with Gasteiger partial charge in [0.05, 0.1) is 13.7 Å². The van der Waals surface area contributed by atoms with Crippen LogP contribution in [-0.4, -0.2) is 13.7 Å². The van der Waals surface area contributed by atoms with Gasteiger partial charge in [-0.1, -0.05) is 0 Å². The van der Waals surface area contributed by atoms with Crippen molar-refractivity contribution in [2.75, 3.05) is 13.7 Å². The second kappa shape index (κ2) is 4.87. The van der Waals surface area contributed by atoms with Crippen LogP contribution in [0.25, 0.3) is 21.9 Å². The Labute approximate surface area is 125 Å². The molecule has 114 valence electrons. The first-order valence-electron chi connectivity index (χ1n) is 7.19. The molecule has 0 atom stereocenters. The zero-order valence-corrected chi connectivity index (χ0v) is 12.0. The summed E-state index contributed by atoms with van der Waals surface area (Å²) in [4.78, 5) is 0. The Hall–Kier alpha value is -2.30. The lowest BCUT2D eigenvalue weighted by molar-refractivity contribution is 0.285. The highest BCUT2D eigenvalue weighted by molar-refractivity contribution is 6.06. The summed E-state index contributed by atoms with van der Waals surface area (Å²) in [6.45, 7) is 0.505. The van der Waals surface area contributed by atoms with Crippen LogP contribution in [0.4, 0.5) is 8.78 Å². The number of rotatable bonds is 4. The number of methoxy groups -OCH3 is 1. The minimum absolute atomic E-state index is 0.00686. The summed E-state index contributed by atoms with van der Waals surface area (Å²) in [5, 5.41) is 1.04. The van der Waals surface area contributed by atoms with Crippen molar-refractivity contribution < 1.29 is 22.7 Å². The molecule has 0 aliphatic heterocycles. The van der Waals surface area contributed by atoms with Crippen molar-refractivity contribution in [2.45, 2.75) is 12.8 Å². The van der Waals surface area contributed by atoms with E-state index in [9.17, 15) is 8.78 Å². The van der Waals surface area contributed by atoms with Gasteiger partial charge in [-0.15, -0.1) is 0 Å². The molecule has 1 fully saturated rings. The first kappa shape index (κ1) is 13.4. The van der Waals surface area contributed by atoms with Crippen LogP contribution in [-0.2, 0) is 0 Å². The van der Waals surface area contributed by atoms with Crippen molar-refractivity contribution in [2.24, 2.45) is 5.92 Å². The maximum atomic E-state index is 14.5. The van der Waals surface area contributed by atoms with Gasteiger partial charge in [-0.2, -0.15) is 8.78 Å². The molecule has 22 heavy (non-hydrogen) atoms. The highest BCUT2D eigenvalue weighted by Crippen LogP contribution is 2.38. The normalized spacial score (nSPS) is 14.7. The van der Waals surface area contributed by atoms with E-state index in [1.54, 1.807) is 18.2 Å². The van der Waals surface area contributed by atoms with Gasteiger partial charge >= 0.3 is 0 Å². The molecule has 0 amide bonds. The molecule has 1 aliphatic rings. The lowest BCUT2D eigenvalue weighted by Crippen LogP contribution is -2.00. The maximum absolute atomic E-state index is 14.5. The Morgan fingerprint density at radius 1 is 1.00 bits per heavy atom. The first-order valence-corrected chi connectivity index (χ1v) is 7.19. The van der Waals surface area contributed by atoms with Gasteiger partial charge in [-0.3, -0.25) is 0 Å². The lowest BCUT2D eigenvalue weighted by Gasteiger charge is -2.05. The highest BCUT2D eigenvalue weighted by atomic mass is 19.1. The predicted molar refractivity (Wildman–Crippen MR) is 78.4 cm³/mol. The molecule has 0 bridgehead atoms. The maximum Gasteiger partial charge on any atom is 0.208 e. The highest BCUT2D eigenvalue weighted by Gasteiger charge is 2.24. The van der Waals surface area contributed by atoms with Gasteiger partial charge in [-0.05, 0) is 43.0 Å². The summed E-state index contributed by atoms with van der Waals surface area (Å²) in [5.41, 5.74) is 0.00282. The van der Waals surface area contributed by atoms with Crippen LogP contribution in [0.15, 0.2) is 28.7 Å². The van der Waals surface area contributed by atoms with Gasteiger partial charge in [0.15, 0.2) is 22.7 Å². The standard InChI is InChI=1S/C17H14F2O3/c1-20-12-6-4-10-11-5-7-13(21-8-9-2-3-9)15(19)17(11)22-16(10)14(12)18/h4-7,9H,2-3,8H2,1H3. The van der Waals surface area contributed by atoms with Gasteiger partial charge in [0.1, 0.15) is 0 Å². The first-order chi connectivity index (χ1) is 10.7. The molecule has 0 spiro atoms. The smallest absolute Gasteiger partial charge is 0.208 e. The molecule has 1 saturated carbocycles. The average molecular weight is 304 g/mol. The number of halogens is 2. The van der Waals surface area contributed by atoms with Crippen molar-refractivity contribution in [3.8, 4) is 11.5 Å². The number of benzene rings is 2. The Bertz CT molecular complexity index is 865. The number of ether oxygens (including phenoxy) is 2. The van der Waals surface area contributed by atoms with Crippen LogP contribution in [0.3, 0.4) is 0 Å². The molecule has 1 aromatic heterocycles. The van der Waals surface area contributed by atoms with Crippen LogP contribution in [0.2, 0.25) is 0 Å². The van der Waals surface area contributed by atoms with Gasteiger partial charge in [0.2, 0.25) is 11.6 Å². The fourth-order valence-corrected chi connectivity index (χ4v) is 2.56. The predicted octanol–water partition coefficient (Wildman–Crippen LogP) is 4.66. The molecule has 3 nitrogen and oxygen atoms in total. The van der Waals surface area contributed by atoms with Gasteiger partial charge in [-0.25, -0.2) is 0 Å². The SMILES string of the molecule is COc1ccc2c(oc3c(F)c(OCC4CC4)ccc32)c1F. The minimum atomic E-state index is -0.629. The van der Waals surface area contributed by atoms with Crippen molar-refractivity contribution >= 4 is 21.9 Å². The van der Waals surface area contributed by atoms with Crippen molar-refractivity contribution in [3.63, 3.8) is 0 Å². The van der Waals surface area contributed by atoms with Crippen LogP contribution >= 0.6 is 0 Å². The molecule has 0 N–H and O–H groups in total. The third-order valence-electron chi connectivity index (χ3n) is 4.01. The molecule has 1 heterocycles. The van der Waals surface area contributed by atoms with Crippen LogP contribution in [0, 0.1) is 17.6 Å². The van der Waals surface area contributed by atoms with E-state index in [1.165, 1.54) is 13.2 Å². The zero-order valence-electron chi connectivity index (χ0n) is 12.0. The fraction of sp³-hybridized carbons (Fsp3) is 0.294. The summed E-state index contributed by atoms with van der Waals surface area (Å²) in [6, 6.07) is 6.42. The molecule has 0 saturated heterocycles. The number of furan rings is 1. The molecule has 0 radical (unpaired) electrons. The van der Waals surface area contributed by atoms with E-state index in [0.29, 0.717) is 23.3 Å². The van der Waals surface area contributed by atoms with E-state index in [0.717, 1.165) is 12.8 Å².